The van der Waals surface area contributed by atoms with Crippen molar-refractivity contribution in [3.63, 3.8) is 0 Å². The number of hydrogen-bond acceptors (Lipinski definition) is 4. The fraction of sp³-hybridized carbons (Fsp3) is 0.562. The second-order valence-electron chi connectivity index (χ2n) is 5.79. The lowest BCUT2D eigenvalue weighted by Gasteiger charge is -2.25. The number of anilines is 2. The van der Waals surface area contributed by atoms with Crippen LogP contribution in [-0.2, 0) is 4.79 Å². The van der Waals surface area contributed by atoms with Crippen molar-refractivity contribution in [2.75, 3.05) is 31.8 Å². The van der Waals surface area contributed by atoms with E-state index in [4.69, 9.17) is 10.5 Å². The maximum atomic E-state index is 12.3. The lowest BCUT2D eigenvalue weighted by molar-refractivity contribution is -0.120. The molecule has 5 heteroatoms. The third-order valence-corrected chi connectivity index (χ3v) is 3.58. The van der Waals surface area contributed by atoms with Crippen LogP contribution in [0.15, 0.2) is 18.2 Å². The van der Waals surface area contributed by atoms with Gasteiger partial charge in [-0.1, -0.05) is 13.8 Å². The Morgan fingerprint density at radius 3 is 2.62 bits per heavy atom. The van der Waals surface area contributed by atoms with Crippen LogP contribution in [0.5, 0.6) is 5.75 Å². The van der Waals surface area contributed by atoms with Gasteiger partial charge in [-0.05, 0) is 45.0 Å². The molecule has 0 aliphatic rings. The number of rotatable bonds is 7. The summed E-state index contributed by atoms with van der Waals surface area (Å²) in [5.41, 5.74) is 6.95. The van der Waals surface area contributed by atoms with Crippen LogP contribution in [0.25, 0.3) is 0 Å². The van der Waals surface area contributed by atoms with Crippen LogP contribution in [0.1, 0.15) is 27.2 Å². The molecule has 1 aromatic rings. The monoisotopic (exact) mass is 293 g/mol. The molecule has 1 aromatic carbocycles. The zero-order valence-corrected chi connectivity index (χ0v) is 13.6. The van der Waals surface area contributed by atoms with Crippen LogP contribution in [0, 0.1) is 5.92 Å². The van der Waals surface area contributed by atoms with Crippen LogP contribution in [0.4, 0.5) is 11.4 Å². The van der Waals surface area contributed by atoms with E-state index in [1.165, 1.54) is 0 Å². The van der Waals surface area contributed by atoms with Crippen LogP contribution >= 0.6 is 0 Å². The smallest absolute Gasteiger partial charge is 0.241 e. The van der Waals surface area contributed by atoms with Gasteiger partial charge < -0.3 is 15.8 Å². The van der Waals surface area contributed by atoms with Crippen molar-refractivity contribution in [2.45, 2.75) is 33.2 Å². The molecule has 1 atom stereocenters. The number of benzene rings is 1. The molecule has 0 saturated heterocycles. The standard InChI is InChI=1S/C16H27N3O2/c1-11(2)8-9-19(4)12(3)16(20)18-14-7-6-13(17)10-15(14)21-5/h6-7,10-12H,8-9,17H2,1-5H3,(H,18,20). The van der Waals surface area contributed by atoms with Crippen molar-refractivity contribution in [3.05, 3.63) is 18.2 Å². The minimum atomic E-state index is -0.203. The van der Waals surface area contributed by atoms with Gasteiger partial charge >= 0.3 is 0 Å². The topological polar surface area (TPSA) is 67.6 Å². The molecule has 0 radical (unpaired) electrons. The molecule has 0 heterocycles. The summed E-state index contributed by atoms with van der Waals surface area (Å²) in [5, 5.41) is 2.90. The number of nitrogens with zero attached hydrogens (tertiary/aromatic N) is 1. The molecule has 0 aliphatic heterocycles. The lowest BCUT2D eigenvalue weighted by atomic mass is 10.1. The van der Waals surface area contributed by atoms with Gasteiger partial charge in [0.2, 0.25) is 5.91 Å². The molecule has 0 fully saturated rings. The van der Waals surface area contributed by atoms with E-state index in [9.17, 15) is 4.79 Å². The Morgan fingerprint density at radius 1 is 1.38 bits per heavy atom. The first-order valence-electron chi connectivity index (χ1n) is 7.29. The highest BCUT2D eigenvalue weighted by Gasteiger charge is 2.19. The van der Waals surface area contributed by atoms with E-state index >= 15 is 0 Å². The molecule has 1 rings (SSSR count). The van der Waals surface area contributed by atoms with Crippen molar-refractivity contribution >= 4 is 17.3 Å². The van der Waals surface area contributed by atoms with Gasteiger partial charge in [-0.25, -0.2) is 0 Å². The maximum absolute atomic E-state index is 12.3. The lowest BCUT2D eigenvalue weighted by Crippen LogP contribution is -2.40. The van der Waals surface area contributed by atoms with Gasteiger partial charge in [0.15, 0.2) is 0 Å². The number of methoxy groups -OCH3 is 1. The Labute approximate surface area is 127 Å². The second kappa shape index (κ2) is 7.88. The summed E-state index contributed by atoms with van der Waals surface area (Å²) < 4.78 is 5.24. The Balaban J connectivity index is 2.67. The van der Waals surface area contributed by atoms with Gasteiger partial charge in [-0.15, -0.1) is 0 Å². The number of amides is 1. The van der Waals surface area contributed by atoms with Crippen LogP contribution in [0.2, 0.25) is 0 Å². The van der Waals surface area contributed by atoms with Gasteiger partial charge in [0.05, 0.1) is 18.8 Å². The molecule has 1 amide bonds. The molecule has 0 aliphatic carbocycles. The zero-order valence-electron chi connectivity index (χ0n) is 13.6. The first-order valence-corrected chi connectivity index (χ1v) is 7.29. The summed E-state index contributed by atoms with van der Waals surface area (Å²) >= 11 is 0. The number of nitrogens with one attached hydrogen (secondary N) is 1. The molecule has 3 N–H and O–H groups in total. The predicted molar refractivity (Wildman–Crippen MR) is 87.6 cm³/mol. The normalized spacial score (nSPS) is 12.5. The number of nitrogen functional groups attached to an aromatic ring is 1. The number of ether oxygens (including phenoxy) is 1. The van der Waals surface area contributed by atoms with E-state index in [1.807, 2.05) is 14.0 Å². The second-order valence-corrected chi connectivity index (χ2v) is 5.79. The fourth-order valence-electron chi connectivity index (χ4n) is 1.90. The zero-order chi connectivity index (χ0) is 16.0. The predicted octanol–water partition coefficient (Wildman–Crippen LogP) is 2.58. The van der Waals surface area contributed by atoms with Crippen molar-refractivity contribution in [3.8, 4) is 5.75 Å². The summed E-state index contributed by atoms with van der Waals surface area (Å²) in [6.45, 7) is 7.15. The SMILES string of the molecule is COc1cc(N)ccc1NC(=O)C(C)N(C)CCC(C)C. The Hall–Kier alpha value is -1.75. The minimum Gasteiger partial charge on any atom is -0.494 e. The highest BCUT2D eigenvalue weighted by atomic mass is 16.5. The Morgan fingerprint density at radius 2 is 2.05 bits per heavy atom. The highest BCUT2D eigenvalue weighted by molar-refractivity contribution is 5.96. The van der Waals surface area contributed by atoms with Crippen LogP contribution in [-0.4, -0.2) is 37.6 Å². The summed E-state index contributed by atoms with van der Waals surface area (Å²) in [5.74, 6) is 1.14. The average Bonchev–Trinajstić information content (AvgIpc) is 2.45. The third-order valence-electron chi connectivity index (χ3n) is 3.58. The molecule has 0 aromatic heterocycles. The minimum absolute atomic E-state index is 0.0515. The van der Waals surface area contributed by atoms with E-state index in [2.05, 4.69) is 24.1 Å². The molecule has 118 valence electrons. The van der Waals surface area contributed by atoms with Crippen molar-refractivity contribution in [1.29, 1.82) is 0 Å². The number of hydrogen-bond donors (Lipinski definition) is 2. The van der Waals surface area contributed by atoms with Crippen LogP contribution < -0.4 is 15.8 Å². The van der Waals surface area contributed by atoms with E-state index in [0.717, 1.165) is 13.0 Å². The van der Waals surface area contributed by atoms with Crippen molar-refractivity contribution < 1.29 is 9.53 Å². The van der Waals surface area contributed by atoms with E-state index in [1.54, 1.807) is 25.3 Å². The largest absolute Gasteiger partial charge is 0.494 e. The van der Waals surface area contributed by atoms with Crippen molar-refractivity contribution in [1.82, 2.24) is 4.90 Å². The molecular weight excluding hydrogens is 266 g/mol. The summed E-state index contributed by atoms with van der Waals surface area (Å²) in [7, 11) is 3.52. The van der Waals surface area contributed by atoms with E-state index in [-0.39, 0.29) is 11.9 Å². The Bertz CT molecular complexity index is 475. The van der Waals surface area contributed by atoms with Crippen molar-refractivity contribution in [2.24, 2.45) is 5.92 Å². The van der Waals surface area contributed by atoms with Gasteiger partial charge in [-0.2, -0.15) is 0 Å². The molecular formula is C16H27N3O2. The van der Waals surface area contributed by atoms with Gasteiger partial charge in [0.1, 0.15) is 5.75 Å². The third kappa shape index (κ3) is 5.27. The van der Waals surface area contributed by atoms with Crippen LogP contribution in [0.3, 0.4) is 0 Å². The number of likely N-dealkylation sites (N-methyl/N-ethyl adjacent to an activating group) is 1. The average molecular weight is 293 g/mol. The number of nitrogens with two attached hydrogens (primary N) is 1. The highest BCUT2D eigenvalue weighted by Crippen LogP contribution is 2.26. The molecule has 1 unspecified atom stereocenters. The van der Waals surface area contributed by atoms with Gasteiger partial charge in [0.25, 0.3) is 0 Å². The summed E-state index contributed by atoms with van der Waals surface area (Å²) in [4.78, 5) is 14.4. The Kier molecular flexibility index (Phi) is 6.49. The first kappa shape index (κ1) is 17.3. The number of carbonyl (C=O) groups is 1. The molecule has 0 bridgehead atoms. The molecule has 5 nitrogen and oxygen atoms in total. The summed E-state index contributed by atoms with van der Waals surface area (Å²) in [6, 6.07) is 4.99. The maximum Gasteiger partial charge on any atom is 0.241 e. The molecule has 0 spiro atoms. The molecule has 21 heavy (non-hydrogen) atoms. The quantitative estimate of drug-likeness (QED) is 0.758. The van der Waals surface area contributed by atoms with Gasteiger partial charge in [-0.3, -0.25) is 9.69 Å². The fourth-order valence-corrected chi connectivity index (χ4v) is 1.90. The van der Waals surface area contributed by atoms with E-state index < -0.39 is 0 Å². The van der Waals surface area contributed by atoms with E-state index in [0.29, 0.717) is 23.0 Å². The number of carbonyl (C=O) groups excluding carboxylic acids is 1. The summed E-state index contributed by atoms with van der Waals surface area (Å²) in [6.07, 6.45) is 1.07. The first-order chi connectivity index (χ1) is 9.85. The van der Waals surface area contributed by atoms with Gasteiger partial charge in [0, 0.05) is 11.8 Å². The molecule has 0 saturated carbocycles.